The van der Waals surface area contributed by atoms with E-state index in [-0.39, 0.29) is 0 Å². The van der Waals surface area contributed by atoms with E-state index >= 15 is 0 Å². The van der Waals surface area contributed by atoms with Crippen molar-refractivity contribution in [3.63, 3.8) is 0 Å². The third kappa shape index (κ3) is 15.6. The van der Waals surface area contributed by atoms with E-state index in [0.29, 0.717) is 0 Å². The molecule has 3 nitrogen and oxygen atoms in total. The van der Waals surface area contributed by atoms with Gasteiger partial charge in [-0.05, 0) is 32.1 Å². The molecule has 0 aromatic rings. The van der Waals surface area contributed by atoms with Gasteiger partial charge in [0.15, 0.2) is 0 Å². The van der Waals surface area contributed by atoms with Crippen LogP contribution >= 0.6 is 0 Å². The second kappa shape index (κ2) is 15.6. The summed E-state index contributed by atoms with van der Waals surface area (Å²) in [5.41, 5.74) is 0. The third-order valence-electron chi connectivity index (χ3n) is 2.26. The van der Waals surface area contributed by atoms with Gasteiger partial charge in [-0.2, -0.15) is 0 Å². The van der Waals surface area contributed by atoms with Crippen LogP contribution in [0.25, 0.3) is 0 Å². The first-order valence-electron chi connectivity index (χ1n) is 6.76. The van der Waals surface area contributed by atoms with Gasteiger partial charge in [0, 0.05) is 26.4 Å². The summed E-state index contributed by atoms with van der Waals surface area (Å²) in [7, 11) is 0. The zero-order valence-corrected chi connectivity index (χ0v) is 11.3. The summed E-state index contributed by atoms with van der Waals surface area (Å²) >= 11 is 0. The van der Waals surface area contributed by atoms with Crippen molar-refractivity contribution in [1.29, 1.82) is 0 Å². The average molecular weight is 244 g/mol. The molecule has 0 heterocycles. The van der Waals surface area contributed by atoms with Crippen LogP contribution in [-0.4, -0.2) is 39.6 Å². The fourth-order valence-corrected chi connectivity index (χ4v) is 1.32. The molecular formula is C14H28O3. The summed E-state index contributed by atoms with van der Waals surface area (Å²) in [5, 5.41) is 0. The standard InChI is InChI=1S/C14H28O3/c1-3-5-10-16-11-7-6-8-12-17-14-13-15-9-4-2/h3H,1,4-14H2,2H3. The van der Waals surface area contributed by atoms with Crippen LogP contribution in [0.1, 0.15) is 39.0 Å². The summed E-state index contributed by atoms with van der Waals surface area (Å²) in [6, 6.07) is 0. The van der Waals surface area contributed by atoms with Crippen molar-refractivity contribution >= 4 is 0 Å². The van der Waals surface area contributed by atoms with Crippen LogP contribution in [0.4, 0.5) is 0 Å². The predicted octanol–water partition coefficient (Wildman–Crippen LogP) is 3.19. The summed E-state index contributed by atoms with van der Waals surface area (Å²) in [6.45, 7) is 10.5. The summed E-state index contributed by atoms with van der Waals surface area (Å²) in [4.78, 5) is 0. The Morgan fingerprint density at radius 3 is 1.94 bits per heavy atom. The first kappa shape index (κ1) is 16.6. The molecule has 0 aliphatic rings. The van der Waals surface area contributed by atoms with Gasteiger partial charge in [-0.3, -0.25) is 0 Å². The molecule has 0 saturated heterocycles. The molecule has 0 aromatic heterocycles. The molecule has 0 rings (SSSR count). The number of hydrogen-bond acceptors (Lipinski definition) is 3. The first-order chi connectivity index (χ1) is 8.41. The van der Waals surface area contributed by atoms with E-state index in [2.05, 4.69) is 13.5 Å². The maximum atomic E-state index is 5.45. The molecule has 0 unspecified atom stereocenters. The van der Waals surface area contributed by atoms with E-state index in [1.165, 1.54) is 6.42 Å². The number of hydrogen-bond donors (Lipinski definition) is 0. The van der Waals surface area contributed by atoms with E-state index < -0.39 is 0 Å². The highest BCUT2D eigenvalue weighted by Crippen LogP contribution is 1.97. The van der Waals surface area contributed by atoms with Crippen molar-refractivity contribution in [2.45, 2.75) is 39.0 Å². The fourth-order valence-electron chi connectivity index (χ4n) is 1.32. The minimum Gasteiger partial charge on any atom is -0.381 e. The fraction of sp³-hybridized carbons (Fsp3) is 0.857. The van der Waals surface area contributed by atoms with E-state index in [4.69, 9.17) is 14.2 Å². The van der Waals surface area contributed by atoms with Gasteiger partial charge in [0.1, 0.15) is 0 Å². The van der Waals surface area contributed by atoms with Crippen molar-refractivity contribution in [2.24, 2.45) is 0 Å². The van der Waals surface area contributed by atoms with Gasteiger partial charge >= 0.3 is 0 Å². The Labute approximate surface area is 106 Å². The predicted molar refractivity (Wildman–Crippen MR) is 71.4 cm³/mol. The first-order valence-corrected chi connectivity index (χ1v) is 6.76. The van der Waals surface area contributed by atoms with Gasteiger partial charge in [0.25, 0.3) is 0 Å². The monoisotopic (exact) mass is 244 g/mol. The van der Waals surface area contributed by atoms with Gasteiger partial charge in [0.05, 0.1) is 13.2 Å². The van der Waals surface area contributed by atoms with Crippen LogP contribution in [0, 0.1) is 0 Å². The second-order valence-electron chi connectivity index (χ2n) is 3.98. The molecule has 0 fully saturated rings. The molecule has 0 aromatic carbocycles. The Balaban J connectivity index is 2.87. The number of rotatable bonds is 14. The largest absolute Gasteiger partial charge is 0.381 e. The Morgan fingerprint density at radius 1 is 0.765 bits per heavy atom. The quantitative estimate of drug-likeness (QED) is 0.347. The normalized spacial score (nSPS) is 10.6. The summed E-state index contributed by atoms with van der Waals surface area (Å²) in [5.74, 6) is 0. The number of unbranched alkanes of at least 4 members (excludes halogenated alkanes) is 2. The van der Waals surface area contributed by atoms with E-state index in [0.717, 1.165) is 65.3 Å². The lowest BCUT2D eigenvalue weighted by atomic mass is 10.2. The third-order valence-corrected chi connectivity index (χ3v) is 2.26. The lowest BCUT2D eigenvalue weighted by Gasteiger charge is -2.05. The molecular weight excluding hydrogens is 216 g/mol. The molecule has 0 spiro atoms. The van der Waals surface area contributed by atoms with E-state index in [1.54, 1.807) is 0 Å². The molecule has 0 atom stereocenters. The van der Waals surface area contributed by atoms with Gasteiger partial charge in [-0.25, -0.2) is 0 Å². The Bertz CT molecular complexity index is 148. The lowest BCUT2D eigenvalue weighted by molar-refractivity contribution is 0.0457. The van der Waals surface area contributed by atoms with Crippen molar-refractivity contribution in [3.8, 4) is 0 Å². The topological polar surface area (TPSA) is 27.7 Å². The average Bonchev–Trinajstić information content (AvgIpc) is 2.35. The van der Waals surface area contributed by atoms with Crippen LogP contribution in [0.15, 0.2) is 12.7 Å². The van der Waals surface area contributed by atoms with Crippen molar-refractivity contribution in [2.75, 3.05) is 39.6 Å². The van der Waals surface area contributed by atoms with Gasteiger partial charge < -0.3 is 14.2 Å². The van der Waals surface area contributed by atoms with E-state index in [1.807, 2.05) is 6.08 Å². The molecule has 17 heavy (non-hydrogen) atoms. The molecule has 0 aliphatic carbocycles. The molecule has 102 valence electrons. The molecule has 0 radical (unpaired) electrons. The molecule has 0 aliphatic heterocycles. The summed E-state index contributed by atoms with van der Waals surface area (Å²) in [6.07, 6.45) is 7.30. The Hall–Kier alpha value is -0.380. The van der Waals surface area contributed by atoms with Crippen LogP contribution < -0.4 is 0 Å². The van der Waals surface area contributed by atoms with Crippen molar-refractivity contribution < 1.29 is 14.2 Å². The van der Waals surface area contributed by atoms with Crippen LogP contribution in [0.3, 0.4) is 0 Å². The SMILES string of the molecule is C=CCCOCCCCCOCCOCCC. The van der Waals surface area contributed by atoms with Gasteiger partial charge in [-0.15, -0.1) is 6.58 Å². The highest BCUT2D eigenvalue weighted by Gasteiger charge is 1.92. The zero-order chi connectivity index (χ0) is 12.6. The lowest BCUT2D eigenvalue weighted by Crippen LogP contribution is -2.06. The van der Waals surface area contributed by atoms with Crippen LogP contribution in [-0.2, 0) is 14.2 Å². The minimum atomic E-state index is 0.718. The maximum Gasteiger partial charge on any atom is 0.0700 e. The van der Waals surface area contributed by atoms with Crippen molar-refractivity contribution in [1.82, 2.24) is 0 Å². The Morgan fingerprint density at radius 2 is 1.35 bits per heavy atom. The molecule has 0 saturated carbocycles. The van der Waals surface area contributed by atoms with Crippen LogP contribution in [0.2, 0.25) is 0 Å². The minimum absolute atomic E-state index is 0.718. The number of ether oxygens (including phenoxy) is 3. The summed E-state index contributed by atoms with van der Waals surface area (Å²) < 4.78 is 16.2. The second-order valence-corrected chi connectivity index (χ2v) is 3.98. The highest BCUT2D eigenvalue weighted by atomic mass is 16.5. The molecule has 0 amide bonds. The Kier molecular flexibility index (Phi) is 15.3. The zero-order valence-electron chi connectivity index (χ0n) is 11.3. The molecule has 3 heteroatoms. The molecule has 0 bridgehead atoms. The van der Waals surface area contributed by atoms with Gasteiger partial charge in [0.2, 0.25) is 0 Å². The molecule has 0 N–H and O–H groups in total. The van der Waals surface area contributed by atoms with Gasteiger partial charge in [-0.1, -0.05) is 13.0 Å². The van der Waals surface area contributed by atoms with E-state index in [9.17, 15) is 0 Å². The highest BCUT2D eigenvalue weighted by molar-refractivity contribution is 4.64. The van der Waals surface area contributed by atoms with Crippen molar-refractivity contribution in [3.05, 3.63) is 12.7 Å². The smallest absolute Gasteiger partial charge is 0.0700 e. The maximum absolute atomic E-state index is 5.45. The van der Waals surface area contributed by atoms with Crippen LogP contribution in [0.5, 0.6) is 0 Å².